The zero-order chi connectivity index (χ0) is 12.1. The fourth-order valence-corrected chi connectivity index (χ4v) is 1.42. The number of aryl methyl sites for hydroxylation is 1. The van der Waals surface area contributed by atoms with Crippen LogP contribution < -0.4 is 10.6 Å². The zero-order valence-corrected chi connectivity index (χ0v) is 10.2. The minimum atomic E-state index is -0.262. The van der Waals surface area contributed by atoms with Gasteiger partial charge in [0, 0.05) is 6.54 Å². The van der Waals surface area contributed by atoms with Gasteiger partial charge in [-0.05, 0) is 27.7 Å². The Kier molecular flexibility index (Phi) is 4.49. The first-order valence-corrected chi connectivity index (χ1v) is 5.50. The van der Waals surface area contributed by atoms with Crippen LogP contribution in [-0.4, -0.2) is 23.5 Å². The Hall–Kier alpha value is -1.36. The maximum Gasteiger partial charge on any atom is 0.236 e. The van der Waals surface area contributed by atoms with Crippen molar-refractivity contribution >= 4 is 5.91 Å². The molecule has 0 saturated carbocycles. The van der Waals surface area contributed by atoms with E-state index in [2.05, 4.69) is 15.6 Å². The largest absolute Gasteiger partial charge is 0.444 e. The molecule has 2 N–H and O–H groups in total. The highest BCUT2D eigenvalue weighted by Crippen LogP contribution is 2.12. The van der Waals surface area contributed by atoms with Crippen LogP contribution in [0.4, 0.5) is 0 Å². The van der Waals surface area contributed by atoms with Crippen LogP contribution in [0.3, 0.4) is 0 Å². The number of nitrogens with one attached hydrogen (secondary N) is 2. The van der Waals surface area contributed by atoms with E-state index in [9.17, 15) is 4.79 Å². The molecule has 0 radical (unpaired) electrons. The first-order chi connectivity index (χ1) is 7.54. The number of carbonyl (C=O) groups excluding carboxylic acids is 1. The molecule has 0 spiro atoms. The molecule has 0 aromatic carbocycles. The van der Waals surface area contributed by atoms with Crippen LogP contribution in [0, 0.1) is 6.92 Å². The molecule has 1 aromatic heterocycles. The van der Waals surface area contributed by atoms with Gasteiger partial charge in [0.1, 0.15) is 5.76 Å². The molecule has 5 nitrogen and oxygen atoms in total. The molecule has 16 heavy (non-hydrogen) atoms. The summed E-state index contributed by atoms with van der Waals surface area (Å²) in [4.78, 5) is 15.6. The second-order valence-corrected chi connectivity index (χ2v) is 3.81. The van der Waals surface area contributed by atoms with Gasteiger partial charge in [-0.2, -0.15) is 0 Å². The van der Waals surface area contributed by atoms with Gasteiger partial charge < -0.3 is 9.73 Å². The van der Waals surface area contributed by atoms with E-state index in [4.69, 9.17) is 4.42 Å². The lowest BCUT2D eigenvalue weighted by atomic mass is 10.2. The van der Waals surface area contributed by atoms with Crippen molar-refractivity contribution in [3.05, 3.63) is 17.8 Å². The molecular weight excluding hydrogens is 206 g/mol. The van der Waals surface area contributed by atoms with E-state index >= 15 is 0 Å². The number of hydrogen-bond acceptors (Lipinski definition) is 4. The molecular formula is C11H19N3O2. The maximum atomic E-state index is 11.5. The molecule has 1 heterocycles. The lowest BCUT2D eigenvalue weighted by molar-refractivity contribution is -0.122. The number of oxazole rings is 1. The summed E-state index contributed by atoms with van der Waals surface area (Å²) >= 11 is 0. The van der Waals surface area contributed by atoms with Crippen molar-refractivity contribution in [3.63, 3.8) is 0 Å². The highest BCUT2D eigenvalue weighted by atomic mass is 16.4. The highest BCUT2D eigenvalue weighted by Gasteiger charge is 2.18. The molecule has 1 rings (SSSR count). The van der Waals surface area contributed by atoms with Crippen molar-refractivity contribution in [2.45, 2.75) is 39.8 Å². The summed E-state index contributed by atoms with van der Waals surface area (Å²) in [6.45, 7) is 8.11. The van der Waals surface area contributed by atoms with Crippen LogP contribution in [0.15, 0.2) is 10.6 Å². The Balaban J connectivity index is 2.51. The lowest BCUT2D eigenvalue weighted by Crippen LogP contribution is -2.43. The van der Waals surface area contributed by atoms with Crippen molar-refractivity contribution in [1.29, 1.82) is 0 Å². The number of hydrogen-bond donors (Lipinski definition) is 2. The van der Waals surface area contributed by atoms with Crippen molar-refractivity contribution < 1.29 is 9.21 Å². The van der Waals surface area contributed by atoms with Crippen LogP contribution in [0.1, 0.15) is 38.5 Å². The normalized spacial score (nSPS) is 14.5. The Labute approximate surface area is 95.6 Å². The molecule has 90 valence electrons. The highest BCUT2D eigenvalue weighted by molar-refractivity contribution is 5.81. The van der Waals surface area contributed by atoms with E-state index < -0.39 is 0 Å². The zero-order valence-electron chi connectivity index (χ0n) is 10.2. The molecule has 5 heteroatoms. The fraction of sp³-hybridized carbons (Fsp3) is 0.636. The summed E-state index contributed by atoms with van der Waals surface area (Å²) in [6.07, 6.45) is 1.67. The summed E-state index contributed by atoms with van der Waals surface area (Å²) in [5.74, 6) is 1.36. The predicted octanol–water partition coefficient (Wildman–Crippen LogP) is 1.16. The predicted molar refractivity (Wildman–Crippen MR) is 60.9 cm³/mol. The maximum absolute atomic E-state index is 11.5. The second kappa shape index (κ2) is 5.65. The topological polar surface area (TPSA) is 67.2 Å². The molecule has 0 aliphatic heterocycles. The SMILES string of the molecule is CCNC(=O)C(C)NC(C)c1ncc(C)o1. The van der Waals surface area contributed by atoms with E-state index in [1.54, 1.807) is 6.20 Å². The molecule has 0 aliphatic rings. The van der Waals surface area contributed by atoms with E-state index in [1.807, 2.05) is 27.7 Å². The van der Waals surface area contributed by atoms with Gasteiger partial charge in [0.05, 0.1) is 18.3 Å². The van der Waals surface area contributed by atoms with Crippen molar-refractivity contribution in [2.24, 2.45) is 0 Å². The Morgan fingerprint density at radius 3 is 2.75 bits per heavy atom. The van der Waals surface area contributed by atoms with E-state index in [0.29, 0.717) is 12.4 Å². The van der Waals surface area contributed by atoms with Crippen LogP contribution >= 0.6 is 0 Å². The number of likely N-dealkylation sites (N-methyl/N-ethyl adjacent to an activating group) is 1. The molecule has 0 bridgehead atoms. The third-order valence-electron chi connectivity index (χ3n) is 2.25. The molecule has 1 amide bonds. The number of rotatable bonds is 5. The van der Waals surface area contributed by atoms with Gasteiger partial charge in [0.15, 0.2) is 0 Å². The Morgan fingerprint density at radius 2 is 2.25 bits per heavy atom. The van der Waals surface area contributed by atoms with Crippen molar-refractivity contribution in [1.82, 2.24) is 15.6 Å². The van der Waals surface area contributed by atoms with Gasteiger partial charge in [-0.1, -0.05) is 0 Å². The van der Waals surface area contributed by atoms with Crippen molar-refractivity contribution in [2.75, 3.05) is 6.54 Å². The summed E-state index contributed by atoms with van der Waals surface area (Å²) in [5.41, 5.74) is 0. The fourth-order valence-electron chi connectivity index (χ4n) is 1.42. The number of amides is 1. The third-order valence-corrected chi connectivity index (χ3v) is 2.25. The van der Waals surface area contributed by atoms with Gasteiger partial charge in [0.25, 0.3) is 0 Å². The van der Waals surface area contributed by atoms with Crippen LogP contribution in [0.2, 0.25) is 0 Å². The first kappa shape index (κ1) is 12.7. The quantitative estimate of drug-likeness (QED) is 0.789. The van der Waals surface area contributed by atoms with E-state index in [0.717, 1.165) is 5.76 Å². The van der Waals surface area contributed by atoms with E-state index in [1.165, 1.54) is 0 Å². The van der Waals surface area contributed by atoms with Crippen molar-refractivity contribution in [3.8, 4) is 0 Å². The van der Waals surface area contributed by atoms with Crippen LogP contribution in [0.25, 0.3) is 0 Å². The molecule has 0 aliphatic carbocycles. The monoisotopic (exact) mass is 225 g/mol. The average Bonchev–Trinajstić information content (AvgIpc) is 2.65. The number of nitrogens with zero attached hydrogens (tertiary/aromatic N) is 1. The smallest absolute Gasteiger partial charge is 0.236 e. The number of aromatic nitrogens is 1. The standard InChI is InChI=1S/C11H19N3O2/c1-5-12-10(15)8(3)14-9(4)11-13-6-7(2)16-11/h6,8-9,14H,5H2,1-4H3,(H,12,15). The molecule has 0 saturated heterocycles. The molecule has 0 fully saturated rings. The van der Waals surface area contributed by atoms with Gasteiger partial charge in [0.2, 0.25) is 11.8 Å². The summed E-state index contributed by atoms with van der Waals surface area (Å²) in [7, 11) is 0. The van der Waals surface area contributed by atoms with Gasteiger partial charge in [-0.15, -0.1) is 0 Å². The Morgan fingerprint density at radius 1 is 1.56 bits per heavy atom. The van der Waals surface area contributed by atoms with Gasteiger partial charge in [-0.3, -0.25) is 10.1 Å². The first-order valence-electron chi connectivity index (χ1n) is 5.50. The molecule has 1 aromatic rings. The summed E-state index contributed by atoms with van der Waals surface area (Å²) < 4.78 is 5.38. The number of carbonyl (C=O) groups is 1. The van der Waals surface area contributed by atoms with Gasteiger partial charge in [-0.25, -0.2) is 4.98 Å². The van der Waals surface area contributed by atoms with E-state index in [-0.39, 0.29) is 18.0 Å². The second-order valence-electron chi connectivity index (χ2n) is 3.81. The summed E-state index contributed by atoms with van der Waals surface area (Å²) in [5, 5.41) is 5.88. The van der Waals surface area contributed by atoms with Gasteiger partial charge >= 0.3 is 0 Å². The Bertz CT molecular complexity index is 349. The third kappa shape index (κ3) is 3.34. The van der Waals surface area contributed by atoms with Crippen LogP contribution in [-0.2, 0) is 4.79 Å². The van der Waals surface area contributed by atoms with Crippen LogP contribution in [0.5, 0.6) is 0 Å². The minimum Gasteiger partial charge on any atom is -0.444 e. The summed E-state index contributed by atoms with van der Waals surface area (Å²) in [6, 6.07) is -0.339. The minimum absolute atomic E-state index is 0.0161. The average molecular weight is 225 g/mol. The lowest BCUT2D eigenvalue weighted by Gasteiger charge is -2.16. The molecule has 2 atom stereocenters. The molecule has 2 unspecified atom stereocenters.